The van der Waals surface area contributed by atoms with Gasteiger partial charge in [-0.25, -0.2) is 4.90 Å². The topological polar surface area (TPSA) is 95.0 Å². The molecule has 0 spiro atoms. The Balaban J connectivity index is 1.35. The Morgan fingerprint density at radius 3 is 2.14 bits per heavy atom. The zero-order valence-corrected chi connectivity index (χ0v) is 23.6. The molecule has 1 N–H and O–H groups in total. The molecule has 212 valence electrons. The third-order valence-electron chi connectivity index (χ3n) is 10.1. The van der Waals surface area contributed by atoms with E-state index in [1.54, 1.807) is 42.5 Å². The highest BCUT2D eigenvalue weighted by Crippen LogP contribution is 2.64. The first-order chi connectivity index (χ1) is 20.3. The third kappa shape index (κ3) is 3.52. The average molecular weight is 561 g/mol. The van der Waals surface area contributed by atoms with Crippen molar-refractivity contribution in [2.24, 2.45) is 29.1 Å². The van der Waals surface area contributed by atoms with Gasteiger partial charge in [-0.15, -0.1) is 0 Å². The number of anilines is 2. The van der Waals surface area contributed by atoms with E-state index in [9.17, 15) is 24.3 Å². The molecule has 7 heteroatoms. The summed E-state index contributed by atoms with van der Waals surface area (Å²) in [5, 5.41) is 11.1. The number of allylic oxidation sites excluding steroid dienone is 2. The Morgan fingerprint density at radius 1 is 0.786 bits per heavy atom. The van der Waals surface area contributed by atoms with Crippen LogP contribution in [0.15, 0.2) is 90.5 Å². The zero-order chi connectivity index (χ0) is 29.3. The molecule has 2 aliphatic carbocycles. The molecule has 42 heavy (non-hydrogen) atoms. The summed E-state index contributed by atoms with van der Waals surface area (Å²) in [6.07, 6.45) is 3.49. The second-order valence-corrected chi connectivity index (χ2v) is 12.1. The van der Waals surface area contributed by atoms with Gasteiger partial charge in [0.1, 0.15) is 5.75 Å². The number of nitrogens with zero attached hydrogens (tertiary/aromatic N) is 2. The van der Waals surface area contributed by atoms with E-state index in [0.29, 0.717) is 23.4 Å². The molecule has 3 fully saturated rings. The number of phenolic OH excluding ortho intramolecular Hbond substituents is 1. The number of benzene rings is 3. The van der Waals surface area contributed by atoms with Crippen LogP contribution in [0, 0.1) is 29.1 Å². The molecule has 4 aliphatic rings. The third-order valence-corrected chi connectivity index (χ3v) is 10.1. The summed E-state index contributed by atoms with van der Waals surface area (Å²) in [6, 6.07) is 23.3. The van der Waals surface area contributed by atoms with E-state index < -0.39 is 35.0 Å². The van der Waals surface area contributed by atoms with Crippen LogP contribution in [0.3, 0.4) is 0 Å². The van der Waals surface area contributed by atoms with Crippen LogP contribution in [0.2, 0.25) is 0 Å². The molecule has 2 aliphatic heterocycles. The van der Waals surface area contributed by atoms with Crippen molar-refractivity contribution in [1.82, 2.24) is 0 Å². The zero-order valence-electron chi connectivity index (χ0n) is 23.6. The van der Waals surface area contributed by atoms with Crippen molar-refractivity contribution < 1.29 is 24.3 Å². The fourth-order valence-corrected chi connectivity index (χ4v) is 8.05. The minimum Gasteiger partial charge on any atom is -0.508 e. The molecule has 7 rings (SSSR count). The van der Waals surface area contributed by atoms with Crippen LogP contribution in [0.4, 0.5) is 11.4 Å². The summed E-state index contributed by atoms with van der Waals surface area (Å²) in [4.78, 5) is 58.9. The summed E-state index contributed by atoms with van der Waals surface area (Å²) in [5.74, 6) is -4.03. The number of aryl methyl sites for hydroxylation is 1. The highest BCUT2D eigenvalue weighted by atomic mass is 16.3. The Hall–Kier alpha value is -4.52. The molecule has 2 saturated heterocycles. The molecule has 0 bridgehead atoms. The van der Waals surface area contributed by atoms with Crippen LogP contribution in [0.25, 0.3) is 0 Å². The molecule has 7 nitrogen and oxygen atoms in total. The van der Waals surface area contributed by atoms with Crippen LogP contribution >= 0.6 is 0 Å². The van der Waals surface area contributed by atoms with E-state index in [4.69, 9.17) is 0 Å². The summed E-state index contributed by atoms with van der Waals surface area (Å²) < 4.78 is 0. The largest absolute Gasteiger partial charge is 0.508 e. The van der Waals surface area contributed by atoms with Gasteiger partial charge in [-0.2, -0.15) is 0 Å². The first kappa shape index (κ1) is 26.4. The summed E-state index contributed by atoms with van der Waals surface area (Å²) in [7, 11) is 0. The minimum absolute atomic E-state index is 0.0380. The van der Waals surface area contributed by atoms with Gasteiger partial charge in [-0.3, -0.25) is 24.1 Å². The van der Waals surface area contributed by atoms with Crippen LogP contribution in [-0.2, 0) is 25.6 Å². The van der Waals surface area contributed by atoms with E-state index in [1.807, 2.05) is 49.4 Å². The van der Waals surface area contributed by atoms with E-state index >= 15 is 0 Å². The smallest absolute Gasteiger partial charge is 0.241 e. The van der Waals surface area contributed by atoms with Gasteiger partial charge in [-0.05, 0) is 68.0 Å². The molecular formula is C35H32N2O5. The lowest BCUT2D eigenvalue weighted by atomic mass is 9.51. The Morgan fingerprint density at radius 2 is 1.45 bits per heavy atom. The number of imide groups is 2. The molecule has 6 atom stereocenters. The number of aromatic hydroxyl groups is 1. The monoisotopic (exact) mass is 560 g/mol. The first-order valence-electron chi connectivity index (χ1n) is 14.6. The van der Waals surface area contributed by atoms with Crippen LogP contribution < -0.4 is 9.80 Å². The van der Waals surface area contributed by atoms with Crippen molar-refractivity contribution in [1.29, 1.82) is 0 Å². The Bertz CT molecular complexity index is 1660. The highest BCUT2D eigenvalue weighted by molar-refractivity contribution is 6.25. The van der Waals surface area contributed by atoms with E-state index in [1.165, 1.54) is 9.80 Å². The predicted molar refractivity (Wildman–Crippen MR) is 157 cm³/mol. The number of hydrogen-bond acceptors (Lipinski definition) is 5. The van der Waals surface area contributed by atoms with Gasteiger partial charge >= 0.3 is 0 Å². The molecule has 4 amide bonds. The molecule has 0 unspecified atom stereocenters. The summed E-state index contributed by atoms with van der Waals surface area (Å²) >= 11 is 0. The van der Waals surface area contributed by atoms with Gasteiger partial charge in [0.05, 0.1) is 34.5 Å². The lowest BCUT2D eigenvalue weighted by Crippen LogP contribution is -2.48. The van der Waals surface area contributed by atoms with Gasteiger partial charge in [-0.1, -0.05) is 67.1 Å². The second-order valence-electron chi connectivity index (χ2n) is 12.1. The second kappa shape index (κ2) is 9.51. The minimum atomic E-state index is -1.18. The lowest BCUT2D eigenvalue weighted by molar-refractivity contribution is -0.131. The molecule has 0 aromatic heterocycles. The fraction of sp³-hybridized carbons (Fsp3) is 0.314. The SMILES string of the molecule is CCc1ccc(N2C(=O)[C@H]3[C@H](CC=C4[C@H]3C[C@H]3C(=O)N(c5ccccc5)C(=O)[C@@]3(C)[C@H]4c3ccccc3O)C2=O)cc1. The van der Waals surface area contributed by atoms with E-state index in [0.717, 1.165) is 17.6 Å². The number of amides is 4. The Labute approximate surface area is 244 Å². The van der Waals surface area contributed by atoms with Gasteiger partial charge < -0.3 is 5.11 Å². The lowest BCUT2D eigenvalue weighted by Gasteiger charge is -2.49. The van der Waals surface area contributed by atoms with E-state index in [-0.39, 0.29) is 35.8 Å². The molecule has 3 aromatic carbocycles. The van der Waals surface area contributed by atoms with Gasteiger partial charge in [0.2, 0.25) is 23.6 Å². The van der Waals surface area contributed by atoms with Gasteiger partial charge in [0, 0.05) is 11.5 Å². The number of hydrogen-bond donors (Lipinski definition) is 1. The molecule has 1 saturated carbocycles. The summed E-state index contributed by atoms with van der Waals surface area (Å²) in [5.41, 5.74) is 2.41. The van der Waals surface area contributed by atoms with Gasteiger partial charge in [0.15, 0.2) is 0 Å². The highest BCUT2D eigenvalue weighted by Gasteiger charge is 2.67. The number of carbonyl (C=O) groups excluding carboxylic acids is 4. The van der Waals surface area contributed by atoms with Crippen molar-refractivity contribution in [3.05, 3.63) is 102 Å². The van der Waals surface area contributed by atoms with Crippen molar-refractivity contribution >= 4 is 35.0 Å². The number of phenols is 1. The maximum atomic E-state index is 14.3. The Kier molecular flexibility index (Phi) is 5.98. The average Bonchev–Trinajstić information content (AvgIpc) is 3.37. The van der Waals surface area contributed by atoms with Gasteiger partial charge in [0.25, 0.3) is 0 Å². The summed E-state index contributed by atoms with van der Waals surface area (Å²) in [6.45, 7) is 3.87. The van der Waals surface area contributed by atoms with Crippen molar-refractivity contribution in [3.63, 3.8) is 0 Å². The van der Waals surface area contributed by atoms with Crippen LogP contribution in [0.5, 0.6) is 5.75 Å². The number of para-hydroxylation sites is 2. The van der Waals surface area contributed by atoms with Crippen LogP contribution in [0.1, 0.15) is 43.7 Å². The molecule has 2 heterocycles. The standard InChI is InChI=1S/C35H32N2O5/c1-3-20-13-15-22(16-14-20)36-31(39)25-18-17-23-26(29(25)33(36)41)19-27-32(40)37(21-9-5-4-6-10-21)34(42)35(27,2)30(23)24-11-7-8-12-28(24)38/h4-17,25-27,29-30,38H,3,18-19H2,1-2H3/t25-,26+,27-,29-,30+,35+/m0/s1. The molecular weight excluding hydrogens is 528 g/mol. The first-order valence-corrected chi connectivity index (χ1v) is 14.6. The van der Waals surface area contributed by atoms with Crippen molar-refractivity contribution in [2.75, 3.05) is 9.80 Å². The number of rotatable bonds is 4. The normalized spacial score (nSPS) is 30.2. The number of carbonyl (C=O) groups is 4. The van der Waals surface area contributed by atoms with Crippen molar-refractivity contribution in [3.8, 4) is 5.75 Å². The van der Waals surface area contributed by atoms with Crippen molar-refractivity contribution in [2.45, 2.75) is 39.0 Å². The molecule has 0 radical (unpaired) electrons. The predicted octanol–water partition coefficient (Wildman–Crippen LogP) is 5.39. The quantitative estimate of drug-likeness (QED) is 0.341. The van der Waals surface area contributed by atoms with E-state index in [2.05, 4.69) is 6.92 Å². The molecule has 3 aromatic rings. The number of fused-ring (bicyclic) bond motifs is 4. The van der Waals surface area contributed by atoms with Crippen LogP contribution in [-0.4, -0.2) is 28.7 Å². The maximum absolute atomic E-state index is 14.3. The maximum Gasteiger partial charge on any atom is 0.241 e. The fourth-order valence-electron chi connectivity index (χ4n) is 8.05.